The molecule has 0 fully saturated rings. The van der Waals surface area contributed by atoms with Gasteiger partial charge in [-0.1, -0.05) is 37.4 Å². The Kier molecular flexibility index (Phi) is 11.9. The zero-order valence-corrected chi connectivity index (χ0v) is 22.3. The molecule has 0 aromatic heterocycles. The third-order valence-corrected chi connectivity index (χ3v) is 6.25. The second-order valence-electron chi connectivity index (χ2n) is 8.11. The summed E-state index contributed by atoms with van der Waals surface area (Å²) in [6, 6.07) is 22.4. The predicted octanol–water partition coefficient (Wildman–Crippen LogP) is 6.28. The molecule has 0 saturated heterocycles. The van der Waals surface area contributed by atoms with Crippen LogP contribution in [0.4, 0.5) is 0 Å². The summed E-state index contributed by atoms with van der Waals surface area (Å²) in [4.78, 5) is 35.6. The van der Waals surface area contributed by atoms with Crippen LogP contribution in [0.5, 0.6) is 11.5 Å². The van der Waals surface area contributed by atoms with Crippen molar-refractivity contribution < 1.29 is 33.3 Å². The Hall–Kier alpha value is -4.30. The van der Waals surface area contributed by atoms with E-state index in [0.717, 1.165) is 46.4 Å². The minimum Gasteiger partial charge on any atom is -0.494 e. The van der Waals surface area contributed by atoms with Crippen molar-refractivity contribution in [1.82, 2.24) is 0 Å². The molecule has 0 bridgehead atoms. The topological polar surface area (TPSA) is 88.1 Å². The van der Waals surface area contributed by atoms with Crippen molar-refractivity contribution in [1.29, 1.82) is 0 Å². The zero-order chi connectivity index (χ0) is 27.9. The van der Waals surface area contributed by atoms with Crippen LogP contribution in [-0.4, -0.2) is 43.5 Å². The lowest BCUT2D eigenvalue weighted by Crippen LogP contribution is -2.10. The van der Waals surface area contributed by atoms with Crippen LogP contribution in [0, 0.1) is 0 Å². The molecular formula is C31H30O7S. The Morgan fingerprint density at radius 3 is 1.69 bits per heavy atom. The molecule has 3 rings (SSSR count). The van der Waals surface area contributed by atoms with E-state index in [9.17, 15) is 14.4 Å². The predicted molar refractivity (Wildman–Crippen MR) is 151 cm³/mol. The Morgan fingerprint density at radius 2 is 1.10 bits per heavy atom. The SMILES string of the molecule is C=CC(=O)OCCCCOc1ccc(C(=O)Sc2ccc(-c3ccc(OCCOC(=O)C=C)cc3)cc2)cc1. The fraction of sp³-hybridized carbons (Fsp3) is 0.194. The highest BCUT2D eigenvalue weighted by atomic mass is 32.2. The number of unbranched alkanes of at least 4 members (excludes halogenated alkanes) is 1. The summed E-state index contributed by atoms with van der Waals surface area (Å²) in [6.45, 7) is 7.92. The molecule has 0 aliphatic rings. The Labute approximate surface area is 232 Å². The lowest BCUT2D eigenvalue weighted by Gasteiger charge is -2.08. The first-order valence-electron chi connectivity index (χ1n) is 12.3. The summed E-state index contributed by atoms with van der Waals surface area (Å²) < 4.78 is 21.1. The van der Waals surface area contributed by atoms with Crippen LogP contribution in [0.3, 0.4) is 0 Å². The second kappa shape index (κ2) is 15.8. The Morgan fingerprint density at radius 1 is 0.615 bits per heavy atom. The molecule has 0 amide bonds. The lowest BCUT2D eigenvalue weighted by molar-refractivity contribution is -0.139. The zero-order valence-electron chi connectivity index (χ0n) is 21.5. The van der Waals surface area contributed by atoms with E-state index in [1.807, 2.05) is 48.5 Å². The minimum absolute atomic E-state index is 0.0568. The first kappa shape index (κ1) is 29.3. The van der Waals surface area contributed by atoms with Crippen molar-refractivity contribution in [3.8, 4) is 22.6 Å². The molecular weight excluding hydrogens is 516 g/mol. The highest BCUT2D eigenvalue weighted by Crippen LogP contribution is 2.28. The van der Waals surface area contributed by atoms with E-state index in [1.165, 1.54) is 0 Å². The summed E-state index contributed by atoms with van der Waals surface area (Å²) in [5, 5.41) is -0.0568. The van der Waals surface area contributed by atoms with Gasteiger partial charge in [0.05, 0.1) is 13.2 Å². The molecule has 0 radical (unpaired) electrons. The number of rotatable bonds is 15. The molecule has 0 spiro atoms. The van der Waals surface area contributed by atoms with Crippen molar-refractivity contribution in [3.63, 3.8) is 0 Å². The average Bonchev–Trinajstić information content (AvgIpc) is 2.97. The largest absolute Gasteiger partial charge is 0.494 e. The quantitative estimate of drug-likeness (QED) is 0.0952. The van der Waals surface area contributed by atoms with Gasteiger partial charge in [0.15, 0.2) is 0 Å². The van der Waals surface area contributed by atoms with Crippen LogP contribution < -0.4 is 9.47 Å². The van der Waals surface area contributed by atoms with E-state index in [2.05, 4.69) is 13.2 Å². The Bertz CT molecular complexity index is 1250. The third kappa shape index (κ3) is 10.2. The number of hydrogen-bond acceptors (Lipinski definition) is 8. The van der Waals surface area contributed by atoms with Crippen LogP contribution in [0.1, 0.15) is 23.2 Å². The number of carbonyl (C=O) groups is 3. The number of thioether (sulfide) groups is 1. The van der Waals surface area contributed by atoms with Crippen LogP contribution in [-0.2, 0) is 19.1 Å². The summed E-state index contributed by atoms with van der Waals surface area (Å²) in [6.07, 6.45) is 3.69. The van der Waals surface area contributed by atoms with Gasteiger partial charge in [-0.05, 0) is 84.3 Å². The molecule has 3 aromatic rings. The van der Waals surface area contributed by atoms with E-state index < -0.39 is 11.9 Å². The van der Waals surface area contributed by atoms with Gasteiger partial charge in [0, 0.05) is 22.6 Å². The molecule has 0 atom stereocenters. The van der Waals surface area contributed by atoms with Gasteiger partial charge in [-0.3, -0.25) is 4.79 Å². The van der Waals surface area contributed by atoms with Crippen LogP contribution in [0.25, 0.3) is 11.1 Å². The molecule has 0 saturated carbocycles. The Balaban J connectivity index is 1.42. The van der Waals surface area contributed by atoms with Crippen LogP contribution in [0.15, 0.2) is 103 Å². The molecule has 7 nitrogen and oxygen atoms in total. The second-order valence-corrected chi connectivity index (χ2v) is 9.16. The van der Waals surface area contributed by atoms with Crippen molar-refractivity contribution in [2.24, 2.45) is 0 Å². The van der Waals surface area contributed by atoms with Crippen molar-refractivity contribution >= 4 is 28.8 Å². The van der Waals surface area contributed by atoms with Crippen LogP contribution >= 0.6 is 11.8 Å². The van der Waals surface area contributed by atoms with Gasteiger partial charge in [0.2, 0.25) is 5.12 Å². The fourth-order valence-corrected chi connectivity index (χ4v) is 4.04. The fourth-order valence-electron chi connectivity index (χ4n) is 3.30. The first-order valence-corrected chi connectivity index (χ1v) is 13.2. The third-order valence-electron chi connectivity index (χ3n) is 5.32. The molecule has 8 heteroatoms. The molecule has 0 unspecified atom stereocenters. The minimum atomic E-state index is -0.477. The maximum Gasteiger partial charge on any atom is 0.330 e. The van der Waals surface area contributed by atoms with Gasteiger partial charge < -0.3 is 18.9 Å². The number of carbonyl (C=O) groups excluding carboxylic acids is 3. The number of esters is 2. The van der Waals surface area contributed by atoms with E-state index >= 15 is 0 Å². The maximum atomic E-state index is 12.7. The van der Waals surface area contributed by atoms with E-state index in [0.29, 0.717) is 36.7 Å². The maximum absolute atomic E-state index is 12.7. The van der Waals surface area contributed by atoms with E-state index in [-0.39, 0.29) is 18.3 Å². The molecule has 202 valence electrons. The highest BCUT2D eigenvalue weighted by molar-refractivity contribution is 8.14. The smallest absolute Gasteiger partial charge is 0.330 e. The van der Waals surface area contributed by atoms with Crippen molar-refractivity contribution in [2.75, 3.05) is 26.4 Å². The van der Waals surface area contributed by atoms with Crippen molar-refractivity contribution in [3.05, 3.63) is 104 Å². The monoisotopic (exact) mass is 546 g/mol. The van der Waals surface area contributed by atoms with Gasteiger partial charge in [-0.2, -0.15) is 0 Å². The number of benzene rings is 3. The molecule has 0 aliphatic carbocycles. The first-order chi connectivity index (χ1) is 19.0. The van der Waals surface area contributed by atoms with Gasteiger partial charge in [-0.15, -0.1) is 0 Å². The standard InChI is InChI=1S/C31H30O7S/c1-3-29(32)37-20-6-5-19-35-26-15-9-25(10-16-26)31(34)39-28-17-11-24(12-18-28)23-7-13-27(14-8-23)36-21-22-38-30(33)4-2/h3-4,7-18H,1-2,5-6,19-22H2. The van der Waals surface area contributed by atoms with E-state index in [4.69, 9.17) is 18.9 Å². The lowest BCUT2D eigenvalue weighted by atomic mass is 10.1. The van der Waals surface area contributed by atoms with Gasteiger partial charge in [-0.25, -0.2) is 9.59 Å². The summed E-state index contributed by atoms with van der Waals surface area (Å²) in [5.41, 5.74) is 2.61. The molecule has 39 heavy (non-hydrogen) atoms. The number of ether oxygens (including phenoxy) is 4. The highest BCUT2D eigenvalue weighted by Gasteiger charge is 2.09. The van der Waals surface area contributed by atoms with Gasteiger partial charge in [0.25, 0.3) is 0 Å². The number of hydrogen-bond donors (Lipinski definition) is 0. The van der Waals surface area contributed by atoms with Crippen LogP contribution in [0.2, 0.25) is 0 Å². The summed E-state index contributed by atoms with van der Waals surface area (Å²) >= 11 is 1.16. The van der Waals surface area contributed by atoms with E-state index in [1.54, 1.807) is 24.3 Å². The molecule has 0 heterocycles. The molecule has 0 aliphatic heterocycles. The van der Waals surface area contributed by atoms with Gasteiger partial charge >= 0.3 is 11.9 Å². The average molecular weight is 547 g/mol. The van der Waals surface area contributed by atoms with Gasteiger partial charge in [0.1, 0.15) is 24.7 Å². The summed E-state index contributed by atoms with van der Waals surface area (Å²) in [5.74, 6) is 0.450. The summed E-state index contributed by atoms with van der Waals surface area (Å²) in [7, 11) is 0. The molecule has 0 N–H and O–H groups in total. The normalized spacial score (nSPS) is 10.3. The molecule has 3 aromatic carbocycles. The van der Waals surface area contributed by atoms with Crippen molar-refractivity contribution in [2.45, 2.75) is 17.7 Å².